The van der Waals surface area contributed by atoms with Gasteiger partial charge in [-0.05, 0) is 80.5 Å². The van der Waals surface area contributed by atoms with Crippen LogP contribution in [0.2, 0.25) is 0 Å². The van der Waals surface area contributed by atoms with E-state index < -0.39 is 22.6 Å². The molecule has 3 aromatic rings. The first-order valence-corrected chi connectivity index (χ1v) is 13.4. The average molecular weight is 470 g/mol. The molecular formula is C25H30N4O3S. The first kappa shape index (κ1) is 17.7. The summed E-state index contributed by atoms with van der Waals surface area (Å²) < 4.78 is 51.0. The summed E-state index contributed by atoms with van der Waals surface area (Å²) in [5.74, 6) is 2.19. The molecule has 0 saturated heterocycles. The van der Waals surface area contributed by atoms with Crippen LogP contribution in [0, 0.1) is 17.8 Å². The minimum absolute atomic E-state index is 0.0228. The first-order valence-electron chi connectivity index (χ1n) is 13.0. The summed E-state index contributed by atoms with van der Waals surface area (Å²) in [6.07, 6.45) is 11.3. The van der Waals surface area contributed by atoms with Crippen molar-refractivity contribution < 1.29 is 12.5 Å². The highest BCUT2D eigenvalue weighted by molar-refractivity contribution is 7.92. The zero-order valence-corrected chi connectivity index (χ0v) is 19.3. The summed E-state index contributed by atoms with van der Waals surface area (Å²) in [5, 5.41) is 4.45. The van der Waals surface area contributed by atoms with Gasteiger partial charge < -0.3 is 14.9 Å². The molecule has 7 rings (SSSR count). The topological polar surface area (TPSA) is 96.0 Å². The Morgan fingerprint density at radius 3 is 2.42 bits per heavy atom. The Balaban J connectivity index is 1.53. The second-order valence-electron chi connectivity index (χ2n) is 10.4. The summed E-state index contributed by atoms with van der Waals surface area (Å²) in [5.41, 5.74) is 1.94. The molecule has 3 N–H and O–H groups in total. The van der Waals surface area contributed by atoms with Gasteiger partial charge in [0.1, 0.15) is 5.52 Å². The van der Waals surface area contributed by atoms with E-state index in [9.17, 15) is 13.2 Å². The van der Waals surface area contributed by atoms with E-state index in [-0.39, 0.29) is 11.1 Å². The fourth-order valence-electron chi connectivity index (χ4n) is 7.07. The van der Waals surface area contributed by atoms with E-state index in [4.69, 9.17) is 4.11 Å². The molecule has 0 aliphatic heterocycles. The van der Waals surface area contributed by atoms with Gasteiger partial charge >= 0.3 is 0 Å². The molecule has 1 aromatic carbocycles. The van der Waals surface area contributed by atoms with E-state index in [1.54, 1.807) is 24.4 Å². The Morgan fingerprint density at radius 2 is 1.79 bits per heavy atom. The van der Waals surface area contributed by atoms with Crippen molar-refractivity contribution in [1.29, 1.82) is 0 Å². The van der Waals surface area contributed by atoms with Crippen LogP contribution in [-0.2, 0) is 17.0 Å². The number of fused-ring (bicyclic) bond motifs is 1. The van der Waals surface area contributed by atoms with E-state index >= 15 is 0 Å². The number of nitrogens with one attached hydrogen (secondary N) is 3. The highest BCUT2D eigenvalue weighted by Gasteiger charge is 2.51. The molecule has 2 aromatic heterocycles. The van der Waals surface area contributed by atoms with Crippen molar-refractivity contribution in [3.8, 4) is 11.1 Å². The SMILES string of the molecule is [2H]C([2H])([2H])n1cc(-c2cc(NS(C)(=O)=O)ccc2NC23CC4CC(CC(C4)C2)C3)c2cc[nH]c2c1=O. The molecule has 0 amide bonds. The molecule has 4 bridgehead atoms. The molecule has 4 aliphatic rings. The molecular weight excluding hydrogens is 436 g/mol. The number of anilines is 2. The Labute approximate surface area is 197 Å². The number of nitrogens with zero attached hydrogens (tertiary/aromatic N) is 1. The van der Waals surface area contributed by atoms with Crippen molar-refractivity contribution in [3.05, 3.63) is 47.0 Å². The summed E-state index contributed by atoms with van der Waals surface area (Å²) in [7, 11) is -3.52. The lowest BCUT2D eigenvalue weighted by molar-refractivity contribution is 0.0107. The van der Waals surface area contributed by atoms with Crippen molar-refractivity contribution >= 4 is 32.3 Å². The Bertz CT molecular complexity index is 1490. The van der Waals surface area contributed by atoms with Crippen LogP contribution in [0.4, 0.5) is 11.4 Å². The van der Waals surface area contributed by atoms with Gasteiger partial charge in [-0.2, -0.15) is 0 Å². The second kappa shape index (κ2) is 7.13. The molecule has 2 heterocycles. The monoisotopic (exact) mass is 469 g/mol. The number of rotatable bonds is 5. The van der Waals surface area contributed by atoms with E-state index in [2.05, 4.69) is 15.0 Å². The first-order chi connectivity index (χ1) is 16.9. The van der Waals surface area contributed by atoms with Crippen LogP contribution in [0.1, 0.15) is 42.6 Å². The molecule has 8 heteroatoms. The zero-order chi connectivity index (χ0) is 25.5. The van der Waals surface area contributed by atoms with Gasteiger partial charge in [0.25, 0.3) is 5.56 Å². The fourth-order valence-corrected chi connectivity index (χ4v) is 7.62. The Morgan fingerprint density at radius 1 is 1.09 bits per heavy atom. The van der Waals surface area contributed by atoms with Gasteiger partial charge in [-0.15, -0.1) is 0 Å². The lowest BCUT2D eigenvalue weighted by atomic mass is 9.53. The van der Waals surface area contributed by atoms with Gasteiger partial charge in [0.15, 0.2) is 0 Å². The number of aromatic nitrogens is 2. The second-order valence-corrected chi connectivity index (χ2v) is 12.2. The van der Waals surface area contributed by atoms with Gasteiger partial charge in [0.2, 0.25) is 10.0 Å². The summed E-state index contributed by atoms with van der Waals surface area (Å²) in [4.78, 5) is 15.8. The zero-order valence-electron chi connectivity index (χ0n) is 21.5. The van der Waals surface area contributed by atoms with Gasteiger partial charge in [-0.1, -0.05) is 0 Å². The normalized spacial score (nSPS) is 30.1. The van der Waals surface area contributed by atoms with Crippen LogP contribution >= 0.6 is 0 Å². The fraction of sp³-hybridized carbons (Fsp3) is 0.480. The molecule has 4 aliphatic carbocycles. The van der Waals surface area contributed by atoms with Crippen molar-refractivity contribution in [2.75, 3.05) is 16.3 Å². The van der Waals surface area contributed by atoms with Gasteiger partial charge in [-0.3, -0.25) is 9.52 Å². The van der Waals surface area contributed by atoms with Crippen molar-refractivity contribution in [2.45, 2.75) is 44.1 Å². The Kier molecular flexibility index (Phi) is 3.82. The minimum Gasteiger partial charge on any atom is -0.379 e. The number of benzene rings is 1. The average Bonchev–Trinajstić information content (AvgIpc) is 3.23. The third-order valence-corrected chi connectivity index (χ3v) is 8.39. The third-order valence-electron chi connectivity index (χ3n) is 7.78. The predicted molar refractivity (Wildman–Crippen MR) is 132 cm³/mol. The maximum Gasteiger partial charge on any atom is 0.274 e. The van der Waals surface area contributed by atoms with E-state index in [1.807, 2.05) is 6.07 Å². The molecule has 0 radical (unpaired) electrons. The lowest BCUT2D eigenvalue weighted by Crippen LogP contribution is -2.54. The van der Waals surface area contributed by atoms with Crippen LogP contribution in [0.3, 0.4) is 0 Å². The highest BCUT2D eigenvalue weighted by atomic mass is 32.2. The molecule has 33 heavy (non-hydrogen) atoms. The summed E-state index contributed by atoms with van der Waals surface area (Å²) in [6.45, 7) is -2.67. The van der Waals surface area contributed by atoms with E-state index in [1.165, 1.54) is 25.5 Å². The number of hydrogen-bond acceptors (Lipinski definition) is 4. The van der Waals surface area contributed by atoms with Gasteiger partial charge in [0, 0.05) is 56.9 Å². The number of aromatic amines is 1. The van der Waals surface area contributed by atoms with Crippen LogP contribution in [0.15, 0.2) is 41.5 Å². The van der Waals surface area contributed by atoms with Crippen molar-refractivity contribution in [3.63, 3.8) is 0 Å². The molecule has 4 fully saturated rings. The predicted octanol–water partition coefficient (Wildman–Crippen LogP) is 4.29. The molecule has 0 spiro atoms. The maximum atomic E-state index is 12.9. The molecule has 0 atom stereocenters. The van der Waals surface area contributed by atoms with Crippen LogP contribution in [0.25, 0.3) is 22.0 Å². The van der Waals surface area contributed by atoms with Crippen molar-refractivity contribution in [2.24, 2.45) is 24.7 Å². The Hall–Kier alpha value is -2.74. The van der Waals surface area contributed by atoms with Crippen LogP contribution in [-0.4, -0.2) is 29.8 Å². The van der Waals surface area contributed by atoms with Gasteiger partial charge in [-0.25, -0.2) is 8.42 Å². The van der Waals surface area contributed by atoms with E-state index in [0.717, 1.165) is 53.5 Å². The number of aryl methyl sites for hydroxylation is 1. The smallest absolute Gasteiger partial charge is 0.274 e. The molecule has 174 valence electrons. The minimum atomic E-state index is -3.52. The summed E-state index contributed by atoms with van der Waals surface area (Å²) >= 11 is 0. The number of pyridine rings is 1. The largest absolute Gasteiger partial charge is 0.379 e. The molecule has 7 nitrogen and oxygen atoms in total. The third kappa shape index (κ3) is 3.64. The molecule has 4 saturated carbocycles. The highest BCUT2D eigenvalue weighted by Crippen LogP contribution is 2.57. The maximum absolute atomic E-state index is 12.9. The molecule has 0 unspecified atom stereocenters. The van der Waals surface area contributed by atoms with Crippen LogP contribution < -0.4 is 15.6 Å². The van der Waals surface area contributed by atoms with E-state index in [0.29, 0.717) is 22.2 Å². The quantitative estimate of drug-likeness (QED) is 0.520. The van der Waals surface area contributed by atoms with Crippen molar-refractivity contribution in [1.82, 2.24) is 9.55 Å². The number of hydrogen-bond donors (Lipinski definition) is 3. The standard InChI is InChI=1S/C25H30N4O3S/c1-29-14-21(19-5-6-26-23(19)24(29)30)20-10-18(28-33(2,31)32)3-4-22(20)27-25-11-15-7-16(12-25)9-17(8-15)13-25/h3-6,10,14-17,26-28H,7-9,11-13H2,1-2H3/i1D3. The van der Waals surface area contributed by atoms with Crippen LogP contribution in [0.5, 0.6) is 0 Å². The summed E-state index contributed by atoms with van der Waals surface area (Å²) in [6, 6.07) is 7.06. The number of sulfonamides is 1. The van der Waals surface area contributed by atoms with Gasteiger partial charge in [0.05, 0.1) is 6.26 Å². The lowest BCUT2D eigenvalue weighted by Gasteiger charge is -2.57. The number of H-pyrrole nitrogens is 1.